The van der Waals surface area contributed by atoms with Gasteiger partial charge in [-0.15, -0.1) is 0 Å². The third-order valence-corrected chi connectivity index (χ3v) is 5.72. The summed E-state index contributed by atoms with van der Waals surface area (Å²) in [5.74, 6) is 0. The summed E-state index contributed by atoms with van der Waals surface area (Å²) in [6.07, 6.45) is 23.7. The molecule has 1 unspecified atom stereocenters. The van der Waals surface area contributed by atoms with E-state index in [1.807, 2.05) is 24.4 Å². The molecule has 2 heteroatoms. The number of aliphatic imine (C=N–C) groups is 1. The predicted octanol–water partition coefficient (Wildman–Crippen LogP) is 8.04. The molecule has 0 aromatic heterocycles. The Kier molecular flexibility index (Phi) is 11.7. The molecule has 0 amide bonds. The van der Waals surface area contributed by atoms with E-state index in [2.05, 4.69) is 49.2 Å². The molecular weight excluding hydrogens is 354 g/mol. The first-order valence-corrected chi connectivity index (χ1v) is 11.9. The Morgan fingerprint density at radius 2 is 1.59 bits per heavy atom. The minimum Gasteiger partial charge on any atom is -0.371 e. The molecule has 1 aliphatic rings. The van der Waals surface area contributed by atoms with Gasteiger partial charge in [0.05, 0.1) is 11.3 Å². The SMILES string of the molecule is CCCCCCCOC1(CCCCCCC)C=CC(N=Cc2ccccc2)=CC1. The number of hydrogen-bond donors (Lipinski definition) is 0. The van der Waals surface area contributed by atoms with E-state index in [1.165, 1.54) is 64.2 Å². The molecule has 160 valence electrons. The van der Waals surface area contributed by atoms with Crippen molar-refractivity contribution in [3.63, 3.8) is 0 Å². The topological polar surface area (TPSA) is 21.6 Å². The highest BCUT2D eigenvalue weighted by Gasteiger charge is 2.28. The molecule has 1 atom stereocenters. The van der Waals surface area contributed by atoms with E-state index in [0.29, 0.717) is 0 Å². The van der Waals surface area contributed by atoms with Crippen LogP contribution in [-0.2, 0) is 4.74 Å². The molecule has 0 bridgehead atoms. The van der Waals surface area contributed by atoms with Gasteiger partial charge in [0.2, 0.25) is 0 Å². The van der Waals surface area contributed by atoms with E-state index in [-0.39, 0.29) is 5.60 Å². The fraction of sp³-hybridized carbons (Fsp3) is 0.593. The van der Waals surface area contributed by atoms with Gasteiger partial charge < -0.3 is 4.74 Å². The van der Waals surface area contributed by atoms with Crippen LogP contribution in [-0.4, -0.2) is 18.4 Å². The molecule has 2 rings (SSSR count). The molecule has 0 spiro atoms. The minimum absolute atomic E-state index is 0.122. The Bertz CT molecular complexity index is 631. The van der Waals surface area contributed by atoms with Crippen LogP contribution in [0.5, 0.6) is 0 Å². The van der Waals surface area contributed by atoms with Gasteiger partial charge in [-0.3, -0.25) is 4.99 Å². The van der Waals surface area contributed by atoms with E-state index < -0.39 is 0 Å². The standard InChI is InChI=1S/C27H41NO/c1-3-5-7-9-14-20-27(29-23-15-10-8-6-4-2)21-18-26(19-22-27)28-24-25-16-12-11-13-17-25/h11-13,16-19,21,24H,3-10,14-15,20,22-23H2,1-2H3. The smallest absolute Gasteiger partial charge is 0.0901 e. The normalized spacial score (nSPS) is 19.0. The number of allylic oxidation sites excluding steroid dienone is 1. The van der Waals surface area contributed by atoms with Gasteiger partial charge in [0.25, 0.3) is 0 Å². The van der Waals surface area contributed by atoms with Gasteiger partial charge in [0.1, 0.15) is 0 Å². The van der Waals surface area contributed by atoms with Gasteiger partial charge in [0, 0.05) is 19.2 Å². The van der Waals surface area contributed by atoms with Gasteiger partial charge in [-0.2, -0.15) is 0 Å². The first-order valence-electron chi connectivity index (χ1n) is 11.9. The molecule has 1 aliphatic carbocycles. The van der Waals surface area contributed by atoms with Crippen LogP contribution in [0.25, 0.3) is 0 Å². The average Bonchev–Trinajstić information content (AvgIpc) is 2.76. The maximum Gasteiger partial charge on any atom is 0.0901 e. The quantitative estimate of drug-likeness (QED) is 0.217. The molecule has 1 aromatic carbocycles. The van der Waals surface area contributed by atoms with E-state index in [0.717, 1.165) is 30.7 Å². The van der Waals surface area contributed by atoms with Crippen LogP contribution in [0.4, 0.5) is 0 Å². The summed E-state index contributed by atoms with van der Waals surface area (Å²) in [7, 11) is 0. The number of rotatable bonds is 15. The molecule has 0 N–H and O–H groups in total. The number of benzene rings is 1. The number of ether oxygens (including phenoxy) is 1. The van der Waals surface area contributed by atoms with Crippen molar-refractivity contribution >= 4 is 6.21 Å². The average molecular weight is 396 g/mol. The van der Waals surface area contributed by atoms with E-state index >= 15 is 0 Å². The maximum absolute atomic E-state index is 6.49. The molecule has 0 fully saturated rings. The second-order valence-corrected chi connectivity index (χ2v) is 8.33. The summed E-state index contributed by atoms with van der Waals surface area (Å²) in [4.78, 5) is 4.66. The van der Waals surface area contributed by atoms with Gasteiger partial charge in [-0.05, 0) is 24.5 Å². The molecule has 1 aromatic rings. The van der Waals surface area contributed by atoms with Gasteiger partial charge in [-0.1, -0.05) is 114 Å². The third kappa shape index (κ3) is 9.58. The van der Waals surface area contributed by atoms with Crippen LogP contribution in [0.2, 0.25) is 0 Å². The highest BCUT2D eigenvalue weighted by molar-refractivity contribution is 5.80. The van der Waals surface area contributed by atoms with Crippen molar-refractivity contribution in [3.05, 3.63) is 59.8 Å². The largest absolute Gasteiger partial charge is 0.371 e. The second kappa shape index (κ2) is 14.3. The molecule has 29 heavy (non-hydrogen) atoms. The zero-order chi connectivity index (χ0) is 20.6. The van der Waals surface area contributed by atoms with Crippen LogP contribution in [0, 0.1) is 0 Å². The monoisotopic (exact) mass is 395 g/mol. The Balaban J connectivity index is 1.87. The summed E-state index contributed by atoms with van der Waals surface area (Å²) in [5, 5.41) is 0. The van der Waals surface area contributed by atoms with Crippen molar-refractivity contribution < 1.29 is 4.74 Å². The zero-order valence-electron chi connectivity index (χ0n) is 18.7. The van der Waals surface area contributed by atoms with Crippen molar-refractivity contribution in [1.29, 1.82) is 0 Å². The van der Waals surface area contributed by atoms with Gasteiger partial charge in [-0.25, -0.2) is 0 Å². The summed E-state index contributed by atoms with van der Waals surface area (Å²) in [6, 6.07) is 10.3. The van der Waals surface area contributed by atoms with Gasteiger partial charge >= 0.3 is 0 Å². The fourth-order valence-electron chi connectivity index (χ4n) is 3.81. The molecule has 0 aliphatic heterocycles. The van der Waals surface area contributed by atoms with Crippen molar-refractivity contribution in [1.82, 2.24) is 0 Å². The van der Waals surface area contributed by atoms with E-state index in [9.17, 15) is 0 Å². The Morgan fingerprint density at radius 1 is 0.897 bits per heavy atom. The molecule has 0 saturated heterocycles. The van der Waals surface area contributed by atoms with Crippen LogP contribution in [0.3, 0.4) is 0 Å². The minimum atomic E-state index is -0.122. The van der Waals surface area contributed by atoms with Crippen molar-refractivity contribution in [2.24, 2.45) is 4.99 Å². The van der Waals surface area contributed by atoms with Crippen molar-refractivity contribution in [3.8, 4) is 0 Å². The Morgan fingerprint density at radius 3 is 2.24 bits per heavy atom. The molecule has 0 saturated carbocycles. The lowest BCUT2D eigenvalue weighted by Crippen LogP contribution is -2.31. The molecule has 0 heterocycles. The Labute approximate surface area is 179 Å². The molecule has 2 nitrogen and oxygen atoms in total. The highest BCUT2D eigenvalue weighted by Crippen LogP contribution is 2.31. The third-order valence-electron chi connectivity index (χ3n) is 5.72. The lowest BCUT2D eigenvalue weighted by molar-refractivity contribution is -0.0170. The lowest BCUT2D eigenvalue weighted by atomic mass is 9.88. The van der Waals surface area contributed by atoms with Crippen LogP contribution >= 0.6 is 0 Å². The first kappa shape index (κ1) is 23.6. The number of unbranched alkanes of at least 4 members (excludes halogenated alkanes) is 8. The first-order chi connectivity index (χ1) is 14.3. The van der Waals surface area contributed by atoms with Crippen molar-refractivity contribution in [2.45, 2.75) is 96.5 Å². The lowest BCUT2D eigenvalue weighted by Gasteiger charge is -2.32. The fourth-order valence-corrected chi connectivity index (χ4v) is 3.81. The van der Waals surface area contributed by atoms with E-state index in [1.54, 1.807) is 0 Å². The summed E-state index contributed by atoms with van der Waals surface area (Å²) >= 11 is 0. The van der Waals surface area contributed by atoms with E-state index in [4.69, 9.17) is 4.74 Å². The summed E-state index contributed by atoms with van der Waals surface area (Å²) < 4.78 is 6.49. The maximum atomic E-state index is 6.49. The Hall–Kier alpha value is -1.67. The second-order valence-electron chi connectivity index (χ2n) is 8.33. The van der Waals surface area contributed by atoms with Gasteiger partial charge in [0.15, 0.2) is 0 Å². The van der Waals surface area contributed by atoms with Crippen LogP contribution in [0.1, 0.15) is 96.5 Å². The van der Waals surface area contributed by atoms with Crippen molar-refractivity contribution in [2.75, 3.05) is 6.61 Å². The number of nitrogens with zero attached hydrogens (tertiary/aromatic N) is 1. The predicted molar refractivity (Wildman–Crippen MR) is 127 cm³/mol. The summed E-state index contributed by atoms with van der Waals surface area (Å²) in [6.45, 7) is 5.41. The van der Waals surface area contributed by atoms with Crippen LogP contribution < -0.4 is 0 Å². The van der Waals surface area contributed by atoms with Crippen LogP contribution in [0.15, 0.2) is 59.2 Å². The molecule has 0 radical (unpaired) electrons. The number of hydrogen-bond acceptors (Lipinski definition) is 2. The highest BCUT2D eigenvalue weighted by atomic mass is 16.5. The summed E-state index contributed by atoms with van der Waals surface area (Å²) in [5.41, 5.74) is 2.06. The molecular formula is C27H41NO. The zero-order valence-corrected chi connectivity index (χ0v) is 18.7.